The van der Waals surface area contributed by atoms with Crippen LogP contribution in [0.15, 0.2) is 29.2 Å². The maximum atomic E-state index is 13.1. The molecule has 1 aromatic carbocycles. The first kappa shape index (κ1) is 17.8. The highest BCUT2D eigenvalue weighted by Crippen LogP contribution is 2.37. The lowest BCUT2D eigenvalue weighted by molar-refractivity contribution is -0.120. The van der Waals surface area contributed by atoms with E-state index < -0.39 is 0 Å². The number of para-hydroxylation sites is 1. The molecule has 2 heterocycles. The first-order valence-electron chi connectivity index (χ1n) is 9.10. The van der Waals surface area contributed by atoms with Crippen molar-refractivity contribution in [3.05, 3.63) is 24.3 Å². The fourth-order valence-corrected chi connectivity index (χ4v) is 4.86. The SMILES string of the molecule is CC1CCN(C(=O)CN2CCCCC2CCO)c2ccccc2S1. The Morgan fingerprint density at radius 3 is 2.92 bits per heavy atom. The van der Waals surface area contributed by atoms with E-state index in [0.717, 1.165) is 44.5 Å². The second-order valence-electron chi connectivity index (χ2n) is 6.86. The fourth-order valence-electron chi connectivity index (χ4n) is 3.75. The average molecular weight is 349 g/mol. The number of aliphatic hydroxyl groups excluding tert-OH is 1. The van der Waals surface area contributed by atoms with Crippen molar-refractivity contribution in [2.24, 2.45) is 0 Å². The summed E-state index contributed by atoms with van der Waals surface area (Å²) in [7, 11) is 0. The minimum Gasteiger partial charge on any atom is -0.396 e. The van der Waals surface area contributed by atoms with Gasteiger partial charge in [-0.3, -0.25) is 9.69 Å². The van der Waals surface area contributed by atoms with Crippen LogP contribution in [-0.2, 0) is 4.79 Å². The largest absolute Gasteiger partial charge is 0.396 e. The van der Waals surface area contributed by atoms with Gasteiger partial charge in [-0.25, -0.2) is 0 Å². The molecule has 1 fully saturated rings. The van der Waals surface area contributed by atoms with Gasteiger partial charge < -0.3 is 10.0 Å². The Morgan fingerprint density at radius 1 is 1.25 bits per heavy atom. The number of rotatable bonds is 4. The van der Waals surface area contributed by atoms with Gasteiger partial charge in [0.1, 0.15) is 0 Å². The molecule has 1 N–H and O–H groups in total. The molecule has 1 saturated heterocycles. The molecule has 2 aliphatic rings. The quantitative estimate of drug-likeness (QED) is 0.908. The van der Waals surface area contributed by atoms with Crippen LogP contribution in [0.3, 0.4) is 0 Å². The molecule has 2 aliphatic heterocycles. The summed E-state index contributed by atoms with van der Waals surface area (Å²) in [5.41, 5.74) is 1.06. The van der Waals surface area contributed by atoms with E-state index >= 15 is 0 Å². The zero-order chi connectivity index (χ0) is 16.9. The zero-order valence-electron chi connectivity index (χ0n) is 14.5. The van der Waals surface area contributed by atoms with Crippen molar-refractivity contribution in [2.45, 2.75) is 55.2 Å². The normalized spacial score (nSPS) is 25.2. The monoisotopic (exact) mass is 348 g/mol. The summed E-state index contributed by atoms with van der Waals surface area (Å²) in [4.78, 5) is 18.5. The molecule has 0 bridgehead atoms. The highest BCUT2D eigenvalue weighted by atomic mass is 32.2. The number of piperidine rings is 1. The number of anilines is 1. The molecule has 1 aromatic rings. The Kier molecular flexibility index (Phi) is 6.19. The topological polar surface area (TPSA) is 43.8 Å². The van der Waals surface area contributed by atoms with E-state index in [0.29, 0.717) is 17.8 Å². The van der Waals surface area contributed by atoms with E-state index in [1.165, 1.54) is 11.3 Å². The molecule has 0 aromatic heterocycles. The molecular weight excluding hydrogens is 320 g/mol. The first-order chi connectivity index (χ1) is 11.7. The third kappa shape index (κ3) is 4.13. The molecule has 2 unspecified atom stereocenters. The van der Waals surface area contributed by atoms with Crippen LogP contribution in [0.2, 0.25) is 0 Å². The first-order valence-corrected chi connectivity index (χ1v) is 9.98. The highest BCUT2D eigenvalue weighted by molar-refractivity contribution is 8.00. The van der Waals surface area contributed by atoms with Gasteiger partial charge in [0.15, 0.2) is 0 Å². The Balaban J connectivity index is 1.74. The predicted molar refractivity (Wildman–Crippen MR) is 99.6 cm³/mol. The maximum absolute atomic E-state index is 13.1. The average Bonchev–Trinajstić information content (AvgIpc) is 2.75. The fraction of sp³-hybridized carbons (Fsp3) is 0.632. The van der Waals surface area contributed by atoms with Crippen LogP contribution in [-0.4, -0.2) is 53.4 Å². The van der Waals surface area contributed by atoms with Crippen molar-refractivity contribution in [1.82, 2.24) is 4.90 Å². The highest BCUT2D eigenvalue weighted by Gasteiger charge is 2.28. The Labute approximate surface area is 149 Å². The zero-order valence-corrected chi connectivity index (χ0v) is 15.3. The van der Waals surface area contributed by atoms with Crippen LogP contribution in [0.1, 0.15) is 39.0 Å². The molecule has 0 aliphatic carbocycles. The van der Waals surface area contributed by atoms with Crippen LogP contribution in [0, 0.1) is 0 Å². The Hall–Kier alpha value is -1.04. The summed E-state index contributed by atoms with van der Waals surface area (Å²) in [6.45, 7) is 4.67. The van der Waals surface area contributed by atoms with Gasteiger partial charge in [0.05, 0.1) is 12.2 Å². The van der Waals surface area contributed by atoms with Gasteiger partial charge in [0.25, 0.3) is 0 Å². The van der Waals surface area contributed by atoms with Crippen molar-refractivity contribution >= 4 is 23.4 Å². The second kappa shape index (κ2) is 8.37. The summed E-state index contributed by atoms with van der Waals surface area (Å²) >= 11 is 1.87. The predicted octanol–water partition coefficient (Wildman–Crippen LogP) is 3.14. The Morgan fingerprint density at radius 2 is 2.08 bits per heavy atom. The number of hydrogen-bond acceptors (Lipinski definition) is 4. The number of carbonyl (C=O) groups excluding carboxylic acids is 1. The van der Waals surface area contributed by atoms with Gasteiger partial charge in [0, 0.05) is 29.3 Å². The van der Waals surface area contributed by atoms with E-state index in [1.807, 2.05) is 22.7 Å². The molecule has 24 heavy (non-hydrogen) atoms. The summed E-state index contributed by atoms with van der Waals surface area (Å²) in [6.07, 6.45) is 5.24. The van der Waals surface area contributed by atoms with E-state index in [9.17, 15) is 9.90 Å². The lowest BCUT2D eigenvalue weighted by Crippen LogP contribution is -2.47. The summed E-state index contributed by atoms with van der Waals surface area (Å²) in [6, 6.07) is 8.61. The standard InChI is InChI=1S/C19H28N2O2S/c1-15-9-12-21(17-7-2-3-8-18(17)24-15)19(23)14-20-11-5-4-6-16(20)10-13-22/h2-3,7-8,15-16,22H,4-6,9-14H2,1H3. The number of amides is 1. The molecule has 0 spiro atoms. The number of nitrogens with zero attached hydrogens (tertiary/aromatic N) is 2. The van der Waals surface area contributed by atoms with Gasteiger partial charge in [-0.1, -0.05) is 25.5 Å². The molecule has 1 amide bonds. The van der Waals surface area contributed by atoms with Crippen molar-refractivity contribution in [3.8, 4) is 0 Å². The lowest BCUT2D eigenvalue weighted by atomic mass is 9.99. The van der Waals surface area contributed by atoms with Crippen LogP contribution in [0.5, 0.6) is 0 Å². The number of hydrogen-bond donors (Lipinski definition) is 1. The summed E-state index contributed by atoms with van der Waals surface area (Å²) < 4.78 is 0. The molecule has 0 radical (unpaired) electrons. The van der Waals surface area contributed by atoms with Crippen LogP contribution < -0.4 is 4.90 Å². The number of aliphatic hydroxyl groups is 1. The van der Waals surface area contributed by atoms with Crippen molar-refractivity contribution < 1.29 is 9.90 Å². The molecule has 132 valence electrons. The Bertz CT molecular complexity index is 564. The van der Waals surface area contributed by atoms with Crippen molar-refractivity contribution in [1.29, 1.82) is 0 Å². The van der Waals surface area contributed by atoms with E-state index in [1.54, 1.807) is 0 Å². The maximum Gasteiger partial charge on any atom is 0.241 e. The minimum absolute atomic E-state index is 0.196. The molecule has 5 heteroatoms. The van der Waals surface area contributed by atoms with Crippen LogP contribution in [0.25, 0.3) is 0 Å². The van der Waals surface area contributed by atoms with Gasteiger partial charge in [-0.2, -0.15) is 0 Å². The van der Waals surface area contributed by atoms with E-state index in [-0.39, 0.29) is 12.5 Å². The number of likely N-dealkylation sites (tertiary alicyclic amines) is 1. The summed E-state index contributed by atoms with van der Waals surface area (Å²) in [5.74, 6) is 0.196. The van der Waals surface area contributed by atoms with E-state index in [2.05, 4.69) is 30.0 Å². The van der Waals surface area contributed by atoms with E-state index in [4.69, 9.17) is 0 Å². The third-order valence-corrected chi connectivity index (χ3v) is 6.33. The van der Waals surface area contributed by atoms with Gasteiger partial charge in [0.2, 0.25) is 5.91 Å². The minimum atomic E-state index is 0.196. The van der Waals surface area contributed by atoms with Crippen LogP contribution in [0.4, 0.5) is 5.69 Å². The van der Waals surface area contributed by atoms with Gasteiger partial charge in [-0.05, 0) is 44.4 Å². The summed E-state index contributed by atoms with van der Waals surface area (Å²) in [5, 5.41) is 9.82. The second-order valence-corrected chi connectivity index (χ2v) is 8.34. The number of thioether (sulfide) groups is 1. The van der Waals surface area contributed by atoms with Gasteiger partial charge in [-0.15, -0.1) is 11.8 Å². The molecule has 2 atom stereocenters. The van der Waals surface area contributed by atoms with Gasteiger partial charge >= 0.3 is 0 Å². The number of benzene rings is 1. The molecule has 0 saturated carbocycles. The number of fused-ring (bicyclic) bond motifs is 1. The smallest absolute Gasteiger partial charge is 0.241 e. The van der Waals surface area contributed by atoms with Crippen molar-refractivity contribution in [3.63, 3.8) is 0 Å². The number of carbonyl (C=O) groups is 1. The molecule has 4 nitrogen and oxygen atoms in total. The van der Waals surface area contributed by atoms with Crippen molar-refractivity contribution in [2.75, 3.05) is 31.1 Å². The lowest BCUT2D eigenvalue weighted by Gasteiger charge is -2.36. The molecular formula is C19H28N2O2S. The third-order valence-electron chi connectivity index (χ3n) is 5.09. The van der Waals surface area contributed by atoms with Crippen LogP contribution >= 0.6 is 11.8 Å². The molecule has 3 rings (SSSR count).